The van der Waals surface area contributed by atoms with Crippen molar-refractivity contribution in [3.8, 4) is 0 Å². The Balaban J connectivity index is 2.25. The Hall–Kier alpha value is -0.680. The first-order chi connectivity index (χ1) is 6.86. The van der Waals surface area contributed by atoms with Gasteiger partial charge in [-0.1, -0.05) is 24.7 Å². The molecule has 0 aliphatic carbocycles. The Labute approximate surface area is 88.4 Å². The molecule has 0 radical (unpaired) electrons. The molecular weight excluding hydrogens is 198 g/mol. The lowest BCUT2D eigenvalue weighted by atomic mass is 10.0. The van der Waals surface area contributed by atoms with E-state index in [1.54, 1.807) is 5.51 Å². The fourth-order valence-corrected chi connectivity index (χ4v) is 1.88. The minimum atomic E-state index is 0.266. The van der Waals surface area contributed by atoms with E-state index in [-0.39, 0.29) is 6.61 Å². The summed E-state index contributed by atoms with van der Waals surface area (Å²) in [5, 5.41) is 20.6. The number of nitrogens with one attached hydrogen (secondary N) is 1. The van der Waals surface area contributed by atoms with E-state index in [2.05, 4.69) is 22.4 Å². The number of hydrogen-bond donors (Lipinski definition) is 2. The number of hydrogen-bond acceptors (Lipinski definition) is 5. The van der Waals surface area contributed by atoms with Gasteiger partial charge in [-0.25, -0.2) is 0 Å². The molecule has 2 N–H and O–H groups in total. The summed E-state index contributed by atoms with van der Waals surface area (Å²) in [6.07, 6.45) is 3.16. The van der Waals surface area contributed by atoms with E-state index >= 15 is 0 Å². The first-order valence-electron chi connectivity index (χ1n) is 4.97. The second kappa shape index (κ2) is 6.73. The van der Waals surface area contributed by atoms with Crippen LogP contribution < -0.4 is 5.32 Å². The van der Waals surface area contributed by atoms with Gasteiger partial charge in [-0.3, -0.25) is 0 Å². The van der Waals surface area contributed by atoms with Crippen LogP contribution in [0.3, 0.4) is 0 Å². The Bertz CT molecular complexity index is 222. The number of nitrogens with zero attached hydrogens (tertiary/aromatic N) is 2. The third kappa shape index (κ3) is 4.02. The highest BCUT2D eigenvalue weighted by molar-refractivity contribution is 7.13. The zero-order chi connectivity index (χ0) is 10.2. The van der Waals surface area contributed by atoms with Gasteiger partial charge < -0.3 is 10.4 Å². The monoisotopic (exact) mass is 215 g/mol. The molecule has 0 bridgehead atoms. The molecular formula is C9H17N3OS. The fourth-order valence-electron chi connectivity index (χ4n) is 1.42. The molecule has 5 heteroatoms. The van der Waals surface area contributed by atoms with Gasteiger partial charge in [0, 0.05) is 13.2 Å². The van der Waals surface area contributed by atoms with Crippen LogP contribution in [0.4, 0.5) is 5.13 Å². The van der Waals surface area contributed by atoms with Crippen LogP contribution in [0, 0.1) is 5.92 Å². The highest BCUT2D eigenvalue weighted by Crippen LogP contribution is 2.14. The molecule has 14 heavy (non-hydrogen) atoms. The van der Waals surface area contributed by atoms with Crippen molar-refractivity contribution >= 4 is 16.5 Å². The van der Waals surface area contributed by atoms with E-state index in [9.17, 15) is 0 Å². The Morgan fingerprint density at radius 1 is 1.57 bits per heavy atom. The fraction of sp³-hybridized carbons (Fsp3) is 0.778. The quantitative estimate of drug-likeness (QED) is 0.727. The van der Waals surface area contributed by atoms with E-state index < -0.39 is 0 Å². The second-order valence-corrected chi connectivity index (χ2v) is 4.12. The molecule has 1 unspecified atom stereocenters. The molecule has 0 amide bonds. The third-order valence-electron chi connectivity index (χ3n) is 2.14. The number of rotatable bonds is 7. The standard InChI is InChI=1S/C9H17N3OS/c1-2-3-8(4-5-13)6-10-9-12-11-7-14-9/h7-8,13H,2-6H2,1H3,(H,10,12). The maximum Gasteiger partial charge on any atom is 0.205 e. The van der Waals surface area contributed by atoms with Gasteiger partial charge in [-0.05, 0) is 18.8 Å². The average molecular weight is 215 g/mol. The van der Waals surface area contributed by atoms with Crippen LogP contribution in [0.15, 0.2) is 5.51 Å². The van der Waals surface area contributed by atoms with Gasteiger partial charge in [0.2, 0.25) is 5.13 Å². The van der Waals surface area contributed by atoms with E-state index in [1.165, 1.54) is 11.3 Å². The van der Waals surface area contributed by atoms with Crippen molar-refractivity contribution in [2.24, 2.45) is 5.92 Å². The van der Waals surface area contributed by atoms with Crippen molar-refractivity contribution in [3.63, 3.8) is 0 Å². The average Bonchev–Trinajstić information content (AvgIpc) is 2.67. The molecule has 0 spiro atoms. The van der Waals surface area contributed by atoms with Crippen molar-refractivity contribution < 1.29 is 5.11 Å². The molecule has 80 valence electrons. The normalized spacial score (nSPS) is 12.7. The smallest absolute Gasteiger partial charge is 0.205 e. The van der Waals surface area contributed by atoms with Crippen LogP contribution in [0.25, 0.3) is 0 Å². The summed E-state index contributed by atoms with van der Waals surface area (Å²) in [7, 11) is 0. The summed E-state index contributed by atoms with van der Waals surface area (Å²) in [5.74, 6) is 0.536. The van der Waals surface area contributed by atoms with Crippen molar-refractivity contribution in [2.75, 3.05) is 18.5 Å². The first kappa shape index (κ1) is 11.4. The van der Waals surface area contributed by atoms with E-state index in [4.69, 9.17) is 5.11 Å². The van der Waals surface area contributed by atoms with Gasteiger partial charge in [0.05, 0.1) is 0 Å². The predicted octanol–water partition coefficient (Wildman–Crippen LogP) is 1.75. The summed E-state index contributed by atoms with van der Waals surface area (Å²) in [4.78, 5) is 0. The van der Waals surface area contributed by atoms with Gasteiger partial charge in [0.15, 0.2) is 0 Å². The van der Waals surface area contributed by atoms with Crippen LogP contribution >= 0.6 is 11.3 Å². The van der Waals surface area contributed by atoms with Gasteiger partial charge in [0.1, 0.15) is 5.51 Å². The zero-order valence-corrected chi connectivity index (χ0v) is 9.26. The molecule has 4 nitrogen and oxygen atoms in total. The van der Waals surface area contributed by atoms with E-state index in [0.717, 1.165) is 30.9 Å². The molecule has 0 aliphatic rings. The van der Waals surface area contributed by atoms with Crippen molar-refractivity contribution in [3.05, 3.63) is 5.51 Å². The highest BCUT2D eigenvalue weighted by Gasteiger charge is 2.07. The maximum atomic E-state index is 8.87. The first-order valence-corrected chi connectivity index (χ1v) is 5.85. The van der Waals surface area contributed by atoms with E-state index in [0.29, 0.717) is 5.92 Å². The van der Waals surface area contributed by atoms with Gasteiger partial charge in [-0.15, -0.1) is 10.2 Å². The lowest BCUT2D eigenvalue weighted by Gasteiger charge is -2.14. The molecule has 0 aromatic carbocycles. The summed E-state index contributed by atoms with van der Waals surface area (Å²) in [5.41, 5.74) is 1.71. The molecule has 1 aromatic rings. The molecule has 1 rings (SSSR count). The number of aliphatic hydroxyl groups is 1. The Morgan fingerprint density at radius 2 is 2.43 bits per heavy atom. The molecule has 0 saturated carbocycles. The van der Waals surface area contributed by atoms with Gasteiger partial charge in [0.25, 0.3) is 0 Å². The second-order valence-electron chi connectivity index (χ2n) is 3.29. The Kier molecular flexibility index (Phi) is 5.47. The van der Waals surface area contributed by atoms with Crippen LogP contribution in [-0.4, -0.2) is 28.5 Å². The maximum absolute atomic E-state index is 8.87. The number of aromatic nitrogens is 2. The SMILES string of the molecule is CCCC(CCO)CNc1nncs1. The summed E-state index contributed by atoms with van der Waals surface area (Å²) < 4.78 is 0. The lowest BCUT2D eigenvalue weighted by Crippen LogP contribution is -2.15. The minimum Gasteiger partial charge on any atom is -0.396 e. The molecule has 0 saturated heterocycles. The third-order valence-corrected chi connectivity index (χ3v) is 2.79. The molecule has 1 atom stereocenters. The molecule has 1 heterocycles. The zero-order valence-electron chi connectivity index (χ0n) is 8.44. The van der Waals surface area contributed by atoms with Gasteiger partial charge >= 0.3 is 0 Å². The topological polar surface area (TPSA) is 58.0 Å². The van der Waals surface area contributed by atoms with Crippen molar-refractivity contribution in [2.45, 2.75) is 26.2 Å². The van der Waals surface area contributed by atoms with Gasteiger partial charge in [-0.2, -0.15) is 0 Å². The largest absolute Gasteiger partial charge is 0.396 e. The van der Waals surface area contributed by atoms with Crippen molar-refractivity contribution in [1.29, 1.82) is 0 Å². The Morgan fingerprint density at radius 3 is 3.00 bits per heavy atom. The van der Waals surface area contributed by atoms with Crippen LogP contribution in [0.1, 0.15) is 26.2 Å². The molecule has 0 fully saturated rings. The number of aliphatic hydroxyl groups excluding tert-OH is 1. The molecule has 0 aliphatic heterocycles. The minimum absolute atomic E-state index is 0.266. The van der Waals surface area contributed by atoms with E-state index in [1.807, 2.05) is 0 Å². The summed E-state index contributed by atoms with van der Waals surface area (Å²) >= 11 is 1.51. The summed E-state index contributed by atoms with van der Waals surface area (Å²) in [6.45, 7) is 3.31. The van der Waals surface area contributed by atoms with Crippen LogP contribution in [-0.2, 0) is 0 Å². The number of anilines is 1. The molecule has 1 aromatic heterocycles. The van der Waals surface area contributed by atoms with Crippen LogP contribution in [0.5, 0.6) is 0 Å². The predicted molar refractivity (Wildman–Crippen MR) is 58.5 cm³/mol. The highest BCUT2D eigenvalue weighted by atomic mass is 32.1. The van der Waals surface area contributed by atoms with Crippen LogP contribution in [0.2, 0.25) is 0 Å². The summed E-state index contributed by atoms with van der Waals surface area (Å²) in [6, 6.07) is 0. The van der Waals surface area contributed by atoms with Crippen molar-refractivity contribution in [1.82, 2.24) is 10.2 Å². The lowest BCUT2D eigenvalue weighted by molar-refractivity contribution is 0.255.